The summed E-state index contributed by atoms with van der Waals surface area (Å²) in [6, 6.07) is 5.32. The molecular weight excluding hydrogens is 368 g/mol. The fourth-order valence-corrected chi connectivity index (χ4v) is 4.14. The maximum Gasteiger partial charge on any atom is 0.152 e. The van der Waals surface area contributed by atoms with Crippen LogP contribution in [0.1, 0.15) is 50.1 Å². The van der Waals surface area contributed by atoms with Gasteiger partial charge < -0.3 is 10.5 Å². The number of nitrogens with zero attached hydrogens (tertiary/aromatic N) is 1. The molecule has 2 N–H and O–H groups in total. The molecule has 0 amide bonds. The highest BCUT2D eigenvalue weighted by Gasteiger charge is 2.30. The van der Waals surface area contributed by atoms with Gasteiger partial charge in [0.15, 0.2) is 5.78 Å². The second kappa shape index (κ2) is 8.78. The topological polar surface area (TPSA) is 73.0 Å². The van der Waals surface area contributed by atoms with Gasteiger partial charge in [-0.05, 0) is 37.8 Å². The van der Waals surface area contributed by atoms with Crippen LogP contribution in [0.4, 0.5) is 5.69 Å². The number of carbonyl (C=O) groups excluding carboxylic acids is 2. The number of carbonyl (C=O) groups is 2. The van der Waals surface area contributed by atoms with E-state index in [9.17, 15) is 9.59 Å². The Bertz CT molecular complexity index is 801. The maximum atomic E-state index is 12.9. The molecule has 2 rings (SSSR count). The van der Waals surface area contributed by atoms with E-state index < -0.39 is 5.92 Å². The molecule has 0 aliphatic carbocycles. The molecule has 0 aliphatic rings. The molecule has 0 aliphatic heterocycles. The number of aldehydes is 1. The Morgan fingerprint density at radius 1 is 1.38 bits per heavy atom. The number of aryl methyl sites for hydroxylation is 1. The monoisotopic (exact) mass is 392 g/mol. The lowest BCUT2D eigenvalue weighted by molar-refractivity contribution is -0.128. The normalized spacial score (nSPS) is 13.6. The predicted octanol–water partition coefficient (Wildman–Crippen LogP) is 5.28. The summed E-state index contributed by atoms with van der Waals surface area (Å²) in [5.41, 5.74) is 7.74. The third-order valence-electron chi connectivity index (χ3n) is 4.46. The largest absolute Gasteiger partial charge is 0.398 e. The first-order chi connectivity index (χ1) is 12.3. The van der Waals surface area contributed by atoms with Gasteiger partial charge in [-0.1, -0.05) is 38.4 Å². The third kappa shape index (κ3) is 4.51. The Labute approximate surface area is 163 Å². The summed E-state index contributed by atoms with van der Waals surface area (Å²) in [6.07, 6.45) is 2.24. The second-order valence-corrected chi connectivity index (χ2v) is 8.56. The fourth-order valence-electron chi connectivity index (χ4n) is 3.07. The van der Waals surface area contributed by atoms with Crippen molar-refractivity contribution in [3.8, 4) is 10.6 Å². The van der Waals surface area contributed by atoms with Gasteiger partial charge in [0.05, 0.1) is 16.4 Å². The molecule has 1 aromatic carbocycles. The van der Waals surface area contributed by atoms with Crippen LogP contribution in [0.2, 0.25) is 5.02 Å². The van der Waals surface area contributed by atoms with Crippen LogP contribution in [0.5, 0.6) is 0 Å². The number of hydrogen-bond acceptors (Lipinski definition) is 5. The molecule has 0 spiro atoms. The Kier molecular flexibility index (Phi) is 6.95. The fraction of sp³-hybridized carbons (Fsp3) is 0.450. The van der Waals surface area contributed by atoms with Crippen molar-refractivity contribution in [1.82, 2.24) is 4.98 Å². The second-order valence-electron chi connectivity index (χ2n) is 6.95. The van der Waals surface area contributed by atoms with Crippen LogP contribution in [-0.4, -0.2) is 17.1 Å². The van der Waals surface area contributed by atoms with Crippen molar-refractivity contribution < 1.29 is 9.59 Å². The highest BCUT2D eigenvalue weighted by molar-refractivity contribution is 7.15. The average Bonchev–Trinajstić information content (AvgIpc) is 2.97. The molecular formula is C20H25ClN2O2S. The van der Waals surface area contributed by atoms with Crippen molar-refractivity contribution in [2.45, 2.75) is 46.5 Å². The van der Waals surface area contributed by atoms with Crippen molar-refractivity contribution >= 4 is 40.7 Å². The molecule has 26 heavy (non-hydrogen) atoms. The van der Waals surface area contributed by atoms with Crippen LogP contribution in [0.25, 0.3) is 10.6 Å². The Hall–Kier alpha value is -1.72. The number of anilines is 1. The number of aromatic nitrogens is 1. The minimum absolute atomic E-state index is 0.0354. The zero-order valence-corrected chi connectivity index (χ0v) is 17.2. The molecule has 1 heterocycles. The summed E-state index contributed by atoms with van der Waals surface area (Å²) in [5, 5.41) is 1.22. The van der Waals surface area contributed by atoms with Crippen molar-refractivity contribution in [2.24, 2.45) is 11.8 Å². The van der Waals surface area contributed by atoms with Gasteiger partial charge in [-0.25, -0.2) is 4.98 Å². The lowest BCUT2D eigenvalue weighted by atomic mass is 9.84. The number of thiazole rings is 1. The van der Waals surface area contributed by atoms with Gasteiger partial charge in [0, 0.05) is 16.4 Å². The van der Waals surface area contributed by atoms with Gasteiger partial charge >= 0.3 is 0 Å². The number of benzene rings is 1. The van der Waals surface area contributed by atoms with Crippen LogP contribution < -0.4 is 5.73 Å². The number of hydrogen-bond donors (Lipinski definition) is 1. The van der Waals surface area contributed by atoms with E-state index in [-0.39, 0.29) is 11.7 Å². The molecule has 6 heteroatoms. The molecule has 2 unspecified atom stereocenters. The standard InChI is InChI=1S/C20H25ClN2O2S/c1-5-13(8-11(2)3)19(25)15(10-24)18-12(4)26-20(23-18)14-6-7-16(21)17(22)9-14/h6-7,9-11,13,15H,5,8,22H2,1-4H3. The van der Waals surface area contributed by atoms with E-state index in [1.807, 2.05) is 19.9 Å². The number of nitrogens with two attached hydrogens (primary N) is 1. The van der Waals surface area contributed by atoms with E-state index >= 15 is 0 Å². The summed E-state index contributed by atoms with van der Waals surface area (Å²) >= 11 is 7.43. The Balaban J connectivity index is 2.36. The zero-order valence-electron chi connectivity index (χ0n) is 15.6. The summed E-state index contributed by atoms with van der Waals surface area (Å²) in [5.74, 6) is -0.568. The van der Waals surface area contributed by atoms with Gasteiger partial charge in [0.1, 0.15) is 17.2 Å². The van der Waals surface area contributed by atoms with Crippen molar-refractivity contribution in [1.29, 1.82) is 0 Å². The van der Waals surface area contributed by atoms with Crippen LogP contribution in [0, 0.1) is 18.8 Å². The number of ketones is 1. The van der Waals surface area contributed by atoms with Crippen molar-refractivity contribution in [3.05, 3.63) is 33.8 Å². The zero-order chi connectivity index (χ0) is 19.4. The van der Waals surface area contributed by atoms with Crippen LogP contribution in [0.15, 0.2) is 18.2 Å². The first-order valence-electron chi connectivity index (χ1n) is 8.80. The lowest BCUT2D eigenvalue weighted by Crippen LogP contribution is -2.25. The number of Topliss-reactive ketones (excluding diaryl/α,β-unsaturated/α-hetero) is 1. The van der Waals surface area contributed by atoms with Gasteiger partial charge in [0.2, 0.25) is 0 Å². The van der Waals surface area contributed by atoms with E-state index in [1.165, 1.54) is 11.3 Å². The SMILES string of the molecule is CCC(CC(C)C)C(=O)C(C=O)c1nc(-c2ccc(Cl)c(N)c2)sc1C. The smallest absolute Gasteiger partial charge is 0.152 e. The van der Waals surface area contributed by atoms with Gasteiger partial charge in [-0.3, -0.25) is 4.79 Å². The minimum atomic E-state index is -0.812. The molecule has 0 bridgehead atoms. The Morgan fingerprint density at radius 2 is 2.08 bits per heavy atom. The van der Waals surface area contributed by atoms with Crippen molar-refractivity contribution in [3.63, 3.8) is 0 Å². The third-order valence-corrected chi connectivity index (χ3v) is 5.84. The van der Waals surface area contributed by atoms with Gasteiger partial charge in [-0.2, -0.15) is 0 Å². The highest BCUT2D eigenvalue weighted by atomic mass is 35.5. The number of nitrogen functional groups attached to an aromatic ring is 1. The van der Waals surface area contributed by atoms with Crippen molar-refractivity contribution in [2.75, 3.05) is 5.73 Å². The summed E-state index contributed by atoms with van der Waals surface area (Å²) < 4.78 is 0. The molecule has 0 radical (unpaired) electrons. The molecule has 0 saturated carbocycles. The maximum absolute atomic E-state index is 12.9. The van der Waals surface area contributed by atoms with Crippen LogP contribution in [-0.2, 0) is 9.59 Å². The average molecular weight is 393 g/mol. The molecule has 2 atom stereocenters. The first-order valence-corrected chi connectivity index (χ1v) is 9.99. The summed E-state index contributed by atoms with van der Waals surface area (Å²) in [4.78, 5) is 30.2. The van der Waals surface area contributed by atoms with E-state index in [2.05, 4.69) is 18.8 Å². The van der Waals surface area contributed by atoms with E-state index in [0.29, 0.717) is 22.3 Å². The van der Waals surface area contributed by atoms with Gasteiger partial charge in [0.25, 0.3) is 0 Å². The van der Waals surface area contributed by atoms with Crippen LogP contribution in [0.3, 0.4) is 0 Å². The van der Waals surface area contributed by atoms with E-state index in [4.69, 9.17) is 17.3 Å². The molecule has 0 saturated heterocycles. The van der Waals surface area contributed by atoms with E-state index in [0.717, 1.165) is 34.6 Å². The van der Waals surface area contributed by atoms with Crippen LogP contribution >= 0.6 is 22.9 Å². The number of rotatable bonds is 8. The predicted molar refractivity (Wildman–Crippen MR) is 109 cm³/mol. The first kappa shape index (κ1) is 20.6. The molecule has 2 aromatic rings. The van der Waals surface area contributed by atoms with Gasteiger partial charge in [-0.15, -0.1) is 11.3 Å². The molecule has 1 aromatic heterocycles. The quantitative estimate of drug-likeness (QED) is 0.377. The minimum Gasteiger partial charge on any atom is -0.398 e. The highest BCUT2D eigenvalue weighted by Crippen LogP contribution is 2.35. The summed E-state index contributed by atoms with van der Waals surface area (Å²) in [6.45, 7) is 8.05. The Morgan fingerprint density at radius 3 is 2.62 bits per heavy atom. The summed E-state index contributed by atoms with van der Waals surface area (Å²) in [7, 11) is 0. The number of halogens is 1. The molecule has 0 fully saturated rings. The molecule has 4 nitrogen and oxygen atoms in total. The van der Waals surface area contributed by atoms with E-state index in [1.54, 1.807) is 12.1 Å². The molecule has 140 valence electrons. The lowest BCUT2D eigenvalue weighted by Gasteiger charge is -2.19.